The summed E-state index contributed by atoms with van der Waals surface area (Å²) in [6.45, 7) is 7.29. The van der Waals surface area contributed by atoms with Crippen molar-refractivity contribution in [1.29, 1.82) is 5.26 Å². The van der Waals surface area contributed by atoms with Gasteiger partial charge in [-0.05, 0) is 37.7 Å². The SMILES string of the molecule is Cc1ccc(CCc2c(C#N)nnn2CCC(C)C)cc1. The van der Waals surface area contributed by atoms with E-state index in [1.807, 2.05) is 4.68 Å². The van der Waals surface area contributed by atoms with Crippen molar-refractivity contribution in [3.8, 4) is 6.07 Å². The summed E-state index contributed by atoms with van der Waals surface area (Å²) >= 11 is 0. The van der Waals surface area contributed by atoms with Gasteiger partial charge in [-0.1, -0.05) is 48.9 Å². The molecule has 4 nitrogen and oxygen atoms in total. The molecule has 0 aliphatic carbocycles. The van der Waals surface area contributed by atoms with Crippen LogP contribution in [-0.4, -0.2) is 15.0 Å². The van der Waals surface area contributed by atoms with Gasteiger partial charge in [0.05, 0.1) is 5.69 Å². The number of aryl methyl sites for hydroxylation is 3. The second-order valence-electron chi connectivity index (χ2n) is 5.89. The van der Waals surface area contributed by atoms with Gasteiger partial charge >= 0.3 is 0 Å². The van der Waals surface area contributed by atoms with Crippen LogP contribution in [0.25, 0.3) is 0 Å². The Morgan fingerprint density at radius 3 is 2.52 bits per heavy atom. The quantitative estimate of drug-likeness (QED) is 0.817. The van der Waals surface area contributed by atoms with E-state index in [0.717, 1.165) is 31.5 Å². The highest BCUT2D eigenvalue weighted by Crippen LogP contribution is 2.13. The van der Waals surface area contributed by atoms with Gasteiger partial charge in [-0.3, -0.25) is 0 Å². The van der Waals surface area contributed by atoms with Crippen LogP contribution in [0, 0.1) is 24.2 Å². The van der Waals surface area contributed by atoms with E-state index in [0.29, 0.717) is 11.6 Å². The number of nitrogens with zero attached hydrogens (tertiary/aromatic N) is 4. The average molecular weight is 282 g/mol. The number of hydrogen-bond donors (Lipinski definition) is 0. The maximum Gasteiger partial charge on any atom is 0.185 e. The molecule has 1 aromatic heterocycles. The van der Waals surface area contributed by atoms with Crippen LogP contribution in [0.1, 0.15) is 42.8 Å². The molecule has 0 saturated heterocycles. The Hall–Kier alpha value is -2.15. The van der Waals surface area contributed by atoms with Crippen LogP contribution >= 0.6 is 0 Å². The third kappa shape index (κ3) is 4.16. The molecule has 4 heteroatoms. The summed E-state index contributed by atoms with van der Waals surface area (Å²) in [5.41, 5.74) is 3.96. The number of aromatic nitrogens is 3. The maximum absolute atomic E-state index is 9.18. The van der Waals surface area contributed by atoms with E-state index in [1.54, 1.807) is 0 Å². The second kappa shape index (κ2) is 7.03. The van der Waals surface area contributed by atoms with E-state index in [4.69, 9.17) is 0 Å². The van der Waals surface area contributed by atoms with Crippen LogP contribution in [0.4, 0.5) is 0 Å². The summed E-state index contributed by atoms with van der Waals surface area (Å²) in [6.07, 6.45) is 2.76. The molecule has 0 spiro atoms. The van der Waals surface area contributed by atoms with Crippen molar-refractivity contribution in [1.82, 2.24) is 15.0 Å². The first-order chi connectivity index (χ1) is 10.1. The lowest BCUT2D eigenvalue weighted by molar-refractivity contribution is 0.467. The first kappa shape index (κ1) is 15.2. The average Bonchev–Trinajstić information content (AvgIpc) is 2.86. The summed E-state index contributed by atoms with van der Waals surface area (Å²) in [7, 11) is 0. The summed E-state index contributed by atoms with van der Waals surface area (Å²) in [6, 6.07) is 10.7. The van der Waals surface area contributed by atoms with Crippen LogP contribution in [0.2, 0.25) is 0 Å². The van der Waals surface area contributed by atoms with E-state index in [1.165, 1.54) is 11.1 Å². The molecule has 0 atom stereocenters. The third-order valence-electron chi connectivity index (χ3n) is 3.63. The minimum absolute atomic E-state index is 0.464. The minimum Gasteiger partial charge on any atom is -0.248 e. The van der Waals surface area contributed by atoms with Crippen LogP contribution in [0.3, 0.4) is 0 Å². The van der Waals surface area contributed by atoms with Crippen molar-refractivity contribution in [3.05, 3.63) is 46.8 Å². The van der Waals surface area contributed by atoms with Gasteiger partial charge in [0, 0.05) is 6.54 Å². The smallest absolute Gasteiger partial charge is 0.185 e. The van der Waals surface area contributed by atoms with Gasteiger partial charge in [-0.15, -0.1) is 5.10 Å². The Morgan fingerprint density at radius 2 is 1.90 bits per heavy atom. The minimum atomic E-state index is 0.464. The molecule has 0 aliphatic heterocycles. The summed E-state index contributed by atoms with van der Waals surface area (Å²) in [5.74, 6) is 0.615. The van der Waals surface area contributed by atoms with E-state index < -0.39 is 0 Å². The molecule has 0 amide bonds. The van der Waals surface area contributed by atoms with Gasteiger partial charge in [0.1, 0.15) is 6.07 Å². The zero-order valence-corrected chi connectivity index (χ0v) is 13.0. The zero-order valence-electron chi connectivity index (χ0n) is 13.0. The lowest BCUT2D eigenvalue weighted by Crippen LogP contribution is -2.09. The molecule has 2 rings (SSSR count). The molecule has 2 aromatic rings. The van der Waals surface area contributed by atoms with Crippen LogP contribution in [0.5, 0.6) is 0 Å². The maximum atomic E-state index is 9.18. The number of hydrogen-bond acceptors (Lipinski definition) is 3. The van der Waals surface area contributed by atoms with E-state index in [9.17, 15) is 5.26 Å². The lowest BCUT2D eigenvalue weighted by atomic mass is 10.1. The Balaban J connectivity index is 2.08. The number of nitriles is 1. The van der Waals surface area contributed by atoms with Gasteiger partial charge in [0.15, 0.2) is 5.69 Å². The molecule has 0 aliphatic rings. The Bertz CT molecular complexity index is 617. The molecular weight excluding hydrogens is 260 g/mol. The standard InChI is InChI=1S/C17H22N4/c1-13(2)10-11-21-17(16(12-18)19-20-21)9-8-15-6-4-14(3)5-7-15/h4-7,13H,8-11H2,1-3H3. The molecule has 21 heavy (non-hydrogen) atoms. The van der Waals surface area contributed by atoms with Crippen LogP contribution in [-0.2, 0) is 19.4 Å². The zero-order chi connectivity index (χ0) is 15.2. The highest BCUT2D eigenvalue weighted by Gasteiger charge is 2.12. The fourth-order valence-corrected chi connectivity index (χ4v) is 2.24. The molecule has 110 valence electrons. The van der Waals surface area contributed by atoms with Crippen molar-refractivity contribution in [2.45, 2.75) is 46.6 Å². The third-order valence-corrected chi connectivity index (χ3v) is 3.63. The molecule has 0 fully saturated rings. The van der Waals surface area contributed by atoms with Gasteiger partial charge in [-0.2, -0.15) is 5.26 Å². The van der Waals surface area contributed by atoms with Crippen molar-refractivity contribution in [2.24, 2.45) is 5.92 Å². The summed E-state index contributed by atoms with van der Waals surface area (Å²) in [4.78, 5) is 0. The van der Waals surface area contributed by atoms with Gasteiger partial charge < -0.3 is 0 Å². The van der Waals surface area contributed by atoms with Crippen LogP contribution in [0.15, 0.2) is 24.3 Å². The van der Waals surface area contributed by atoms with Crippen molar-refractivity contribution >= 4 is 0 Å². The molecule has 0 N–H and O–H groups in total. The fraction of sp³-hybridized carbons (Fsp3) is 0.471. The van der Waals surface area contributed by atoms with E-state index >= 15 is 0 Å². The molecule has 0 saturated carbocycles. The molecule has 1 aromatic carbocycles. The summed E-state index contributed by atoms with van der Waals surface area (Å²) in [5, 5.41) is 17.3. The highest BCUT2D eigenvalue weighted by atomic mass is 15.4. The lowest BCUT2D eigenvalue weighted by Gasteiger charge is -2.08. The molecule has 0 radical (unpaired) electrons. The summed E-state index contributed by atoms with van der Waals surface area (Å²) < 4.78 is 1.90. The number of benzene rings is 1. The van der Waals surface area contributed by atoms with Gasteiger partial charge in [-0.25, -0.2) is 4.68 Å². The van der Waals surface area contributed by atoms with Crippen molar-refractivity contribution in [2.75, 3.05) is 0 Å². The predicted octanol–water partition coefficient (Wildman–Crippen LogP) is 3.29. The Morgan fingerprint density at radius 1 is 1.19 bits per heavy atom. The second-order valence-corrected chi connectivity index (χ2v) is 5.89. The molecular formula is C17H22N4. The first-order valence-electron chi connectivity index (χ1n) is 7.48. The molecule has 0 unspecified atom stereocenters. The number of rotatable bonds is 6. The largest absolute Gasteiger partial charge is 0.248 e. The first-order valence-corrected chi connectivity index (χ1v) is 7.48. The highest BCUT2D eigenvalue weighted by molar-refractivity contribution is 5.27. The molecule has 1 heterocycles. The fourth-order valence-electron chi connectivity index (χ4n) is 2.24. The topological polar surface area (TPSA) is 54.5 Å². The normalized spacial score (nSPS) is 10.8. The van der Waals surface area contributed by atoms with Gasteiger partial charge in [0.2, 0.25) is 0 Å². The van der Waals surface area contributed by atoms with Crippen LogP contribution < -0.4 is 0 Å². The van der Waals surface area contributed by atoms with Gasteiger partial charge in [0.25, 0.3) is 0 Å². The van der Waals surface area contributed by atoms with E-state index in [2.05, 4.69) is 61.4 Å². The molecule has 0 bridgehead atoms. The van der Waals surface area contributed by atoms with Crippen molar-refractivity contribution in [3.63, 3.8) is 0 Å². The Labute approximate surface area is 126 Å². The Kier molecular flexibility index (Phi) is 5.10. The predicted molar refractivity (Wildman–Crippen MR) is 82.8 cm³/mol. The van der Waals surface area contributed by atoms with Crippen molar-refractivity contribution < 1.29 is 0 Å². The monoisotopic (exact) mass is 282 g/mol. The van der Waals surface area contributed by atoms with E-state index in [-0.39, 0.29) is 0 Å².